The summed E-state index contributed by atoms with van der Waals surface area (Å²) in [6, 6.07) is 9.99. The zero-order chi connectivity index (χ0) is 13.9. The molecule has 3 rings (SSSR count). The number of nitrogens with one attached hydrogen (secondary N) is 1. The van der Waals surface area contributed by atoms with E-state index in [0.717, 1.165) is 28.7 Å². The molecule has 20 heavy (non-hydrogen) atoms. The minimum absolute atomic E-state index is 0.691. The molecule has 0 aliphatic rings. The Balaban J connectivity index is 1.84. The summed E-state index contributed by atoms with van der Waals surface area (Å²) in [6.07, 6.45) is 3.72. The van der Waals surface area contributed by atoms with Gasteiger partial charge in [-0.3, -0.25) is 0 Å². The zero-order valence-electron chi connectivity index (χ0n) is 11.5. The maximum atomic E-state index is 5.20. The number of aryl methyl sites for hydroxylation is 2. The third kappa shape index (κ3) is 2.42. The summed E-state index contributed by atoms with van der Waals surface area (Å²) < 4.78 is 7.24. The predicted molar refractivity (Wildman–Crippen MR) is 77.0 cm³/mol. The van der Waals surface area contributed by atoms with E-state index in [-0.39, 0.29) is 0 Å². The van der Waals surface area contributed by atoms with Gasteiger partial charge in [-0.1, -0.05) is 23.4 Å². The van der Waals surface area contributed by atoms with Crippen LogP contribution in [0.2, 0.25) is 0 Å². The predicted octanol–water partition coefficient (Wildman–Crippen LogP) is 3.28. The Morgan fingerprint density at radius 3 is 2.70 bits per heavy atom. The monoisotopic (exact) mass is 268 g/mol. The van der Waals surface area contributed by atoms with Crippen molar-refractivity contribution in [3.05, 3.63) is 59.7 Å². The average Bonchev–Trinajstić information content (AvgIpc) is 3.02. The number of para-hydroxylation sites is 1. The highest BCUT2D eigenvalue weighted by molar-refractivity contribution is 5.53. The van der Waals surface area contributed by atoms with E-state index in [1.165, 1.54) is 0 Å². The van der Waals surface area contributed by atoms with Crippen LogP contribution in [-0.4, -0.2) is 14.7 Å². The Kier molecular flexibility index (Phi) is 3.25. The van der Waals surface area contributed by atoms with Crippen molar-refractivity contribution in [2.75, 3.05) is 5.32 Å². The van der Waals surface area contributed by atoms with Crippen molar-refractivity contribution in [3.8, 4) is 0 Å². The van der Waals surface area contributed by atoms with Gasteiger partial charge in [0.25, 0.3) is 0 Å². The second-order valence-corrected chi connectivity index (χ2v) is 4.67. The normalized spacial score (nSPS) is 10.7. The molecule has 0 radical (unpaired) electrons. The van der Waals surface area contributed by atoms with Crippen LogP contribution in [0.25, 0.3) is 0 Å². The van der Waals surface area contributed by atoms with E-state index in [1.54, 1.807) is 6.20 Å². The molecule has 2 heterocycles. The molecule has 0 fully saturated rings. The number of nitrogens with zero attached hydrogens (tertiary/aromatic N) is 3. The summed E-state index contributed by atoms with van der Waals surface area (Å²) >= 11 is 0. The maximum Gasteiger partial charge on any atom is 0.207 e. The van der Waals surface area contributed by atoms with Crippen LogP contribution < -0.4 is 5.32 Å². The molecule has 0 atom stereocenters. The van der Waals surface area contributed by atoms with Gasteiger partial charge in [0.15, 0.2) is 0 Å². The van der Waals surface area contributed by atoms with Crippen molar-refractivity contribution in [2.45, 2.75) is 20.4 Å². The molecule has 0 amide bonds. The Morgan fingerprint density at radius 1 is 1.20 bits per heavy atom. The number of rotatable bonds is 4. The minimum Gasteiger partial charge on any atom is -0.361 e. The number of anilines is 2. The molecule has 0 aliphatic heterocycles. The van der Waals surface area contributed by atoms with Gasteiger partial charge < -0.3 is 14.4 Å². The highest BCUT2D eigenvalue weighted by Crippen LogP contribution is 2.19. The van der Waals surface area contributed by atoms with Crippen LogP contribution in [0.3, 0.4) is 0 Å². The standard InChI is InChI=1S/C15H16N4O/c1-11-14(12(2)20-18-11)10-19-9-8-16-15(19)17-13-6-4-3-5-7-13/h3-9H,10H2,1-2H3,(H,16,17). The molecule has 0 saturated carbocycles. The van der Waals surface area contributed by atoms with Crippen molar-refractivity contribution >= 4 is 11.6 Å². The lowest BCUT2D eigenvalue weighted by Gasteiger charge is -2.09. The molecular weight excluding hydrogens is 252 g/mol. The summed E-state index contributed by atoms with van der Waals surface area (Å²) in [6.45, 7) is 4.57. The van der Waals surface area contributed by atoms with E-state index in [9.17, 15) is 0 Å². The molecule has 0 spiro atoms. The second kappa shape index (κ2) is 5.21. The van der Waals surface area contributed by atoms with Gasteiger partial charge in [0.05, 0.1) is 12.2 Å². The molecular formula is C15H16N4O. The van der Waals surface area contributed by atoms with Crippen LogP contribution in [0.5, 0.6) is 0 Å². The number of aromatic nitrogens is 3. The summed E-state index contributed by atoms with van der Waals surface area (Å²) in [4.78, 5) is 4.35. The maximum absolute atomic E-state index is 5.20. The summed E-state index contributed by atoms with van der Waals surface area (Å²) in [7, 11) is 0. The number of hydrogen-bond donors (Lipinski definition) is 1. The van der Waals surface area contributed by atoms with Crippen molar-refractivity contribution in [1.82, 2.24) is 14.7 Å². The van der Waals surface area contributed by atoms with E-state index in [1.807, 2.05) is 54.9 Å². The highest BCUT2D eigenvalue weighted by atomic mass is 16.5. The van der Waals surface area contributed by atoms with Crippen LogP contribution in [0.4, 0.5) is 11.6 Å². The molecule has 102 valence electrons. The average molecular weight is 268 g/mol. The Bertz CT molecular complexity index is 680. The first-order chi connectivity index (χ1) is 9.74. The van der Waals surface area contributed by atoms with Gasteiger partial charge >= 0.3 is 0 Å². The summed E-state index contributed by atoms with van der Waals surface area (Å²) in [5, 5.41) is 7.29. The molecule has 3 aromatic rings. The van der Waals surface area contributed by atoms with E-state index in [4.69, 9.17) is 4.52 Å². The largest absolute Gasteiger partial charge is 0.361 e. The van der Waals surface area contributed by atoms with Gasteiger partial charge in [-0.05, 0) is 26.0 Å². The Hall–Kier alpha value is -2.56. The molecule has 2 aromatic heterocycles. The fraction of sp³-hybridized carbons (Fsp3) is 0.200. The minimum atomic E-state index is 0.691. The molecule has 1 aromatic carbocycles. The third-order valence-electron chi connectivity index (χ3n) is 3.26. The van der Waals surface area contributed by atoms with Gasteiger partial charge in [0.1, 0.15) is 5.76 Å². The van der Waals surface area contributed by atoms with Crippen LogP contribution in [0.1, 0.15) is 17.0 Å². The lowest BCUT2D eigenvalue weighted by atomic mass is 10.2. The first kappa shape index (κ1) is 12.5. The van der Waals surface area contributed by atoms with Crippen molar-refractivity contribution in [3.63, 3.8) is 0 Å². The SMILES string of the molecule is Cc1noc(C)c1Cn1ccnc1Nc1ccccc1. The zero-order valence-corrected chi connectivity index (χ0v) is 11.5. The van der Waals surface area contributed by atoms with Gasteiger partial charge in [-0.25, -0.2) is 4.98 Å². The van der Waals surface area contributed by atoms with Gasteiger partial charge in [-0.15, -0.1) is 0 Å². The summed E-state index contributed by atoms with van der Waals surface area (Å²) in [5.74, 6) is 1.65. The molecule has 5 nitrogen and oxygen atoms in total. The van der Waals surface area contributed by atoms with Crippen LogP contribution >= 0.6 is 0 Å². The quantitative estimate of drug-likeness (QED) is 0.789. The van der Waals surface area contributed by atoms with Crippen LogP contribution in [0.15, 0.2) is 47.2 Å². The Morgan fingerprint density at radius 2 is 2.00 bits per heavy atom. The number of benzene rings is 1. The fourth-order valence-electron chi connectivity index (χ4n) is 2.11. The van der Waals surface area contributed by atoms with Crippen LogP contribution in [-0.2, 0) is 6.54 Å². The van der Waals surface area contributed by atoms with E-state index >= 15 is 0 Å². The van der Waals surface area contributed by atoms with Crippen molar-refractivity contribution < 1.29 is 4.52 Å². The fourth-order valence-corrected chi connectivity index (χ4v) is 2.11. The van der Waals surface area contributed by atoms with Gasteiger partial charge in [0, 0.05) is 23.6 Å². The Labute approximate surface area is 117 Å². The molecule has 5 heteroatoms. The third-order valence-corrected chi connectivity index (χ3v) is 3.26. The van der Waals surface area contributed by atoms with E-state index in [2.05, 4.69) is 15.5 Å². The first-order valence-electron chi connectivity index (χ1n) is 6.49. The highest BCUT2D eigenvalue weighted by Gasteiger charge is 2.11. The van der Waals surface area contributed by atoms with Gasteiger partial charge in [-0.2, -0.15) is 0 Å². The smallest absolute Gasteiger partial charge is 0.207 e. The second-order valence-electron chi connectivity index (χ2n) is 4.67. The van der Waals surface area contributed by atoms with E-state index in [0.29, 0.717) is 6.54 Å². The van der Waals surface area contributed by atoms with Crippen LogP contribution in [0, 0.1) is 13.8 Å². The van der Waals surface area contributed by atoms with Crippen molar-refractivity contribution in [2.24, 2.45) is 0 Å². The molecule has 1 N–H and O–H groups in total. The molecule has 0 saturated heterocycles. The lowest BCUT2D eigenvalue weighted by molar-refractivity contribution is 0.392. The topological polar surface area (TPSA) is 55.9 Å². The molecule has 0 unspecified atom stereocenters. The van der Waals surface area contributed by atoms with Gasteiger partial charge in [0.2, 0.25) is 5.95 Å². The van der Waals surface area contributed by atoms with Crippen molar-refractivity contribution in [1.29, 1.82) is 0 Å². The number of imidazole rings is 1. The summed E-state index contributed by atoms with van der Waals surface area (Å²) in [5.41, 5.74) is 3.03. The number of hydrogen-bond acceptors (Lipinski definition) is 4. The lowest BCUT2D eigenvalue weighted by Crippen LogP contribution is -2.05. The first-order valence-corrected chi connectivity index (χ1v) is 6.49. The van der Waals surface area contributed by atoms with E-state index < -0.39 is 0 Å². The molecule has 0 bridgehead atoms. The molecule has 0 aliphatic carbocycles.